The van der Waals surface area contributed by atoms with E-state index in [1.165, 1.54) is 16.3 Å². The van der Waals surface area contributed by atoms with Crippen LogP contribution in [0.4, 0.5) is 0 Å². The van der Waals surface area contributed by atoms with Crippen molar-refractivity contribution >= 4 is 59.8 Å². The second-order valence-corrected chi connectivity index (χ2v) is 8.23. The number of hydrogen-bond donors (Lipinski definition) is 0. The average molecular weight is 438 g/mol. The summed E-state index contributed by atoms with van der Waals surface area (Å²) in [6, 6.07) is 29.5. The summed E-state index contributed by atoms with van der Waals surface area (Å²) in [6.45, 7) is 0.755. The molecule has 138 valence electrons. The molecule has 0 aliphatic rings. The minimum Gasteiger partial charge on any atom is -0.319 e. The van der Waals surface area contributed by atoms with Gasteiger partial charge < -0.3 is 4.57 Å². The van der Waals surface area contributed by atoms with Gasteiger partial charge in [0.05, 0.1) is 16.6 Å². The first-order valence-corrected chi connectivity index (χ1v) is 10.4. The van der Waals surface area contributed by atoms with E-state index < -0.39 is 0 Å². The number of hydrogen-bond acceptors (Lipinski definition) is 2. The van der Waals surface area contributed by atoms with E-state index in [0.29, 0.717) is 0 Å². The third-order valence-electron chi connectivity index (χ3n) is 5.47. The standard InChI is InChI=1S/C25H16BrN3/c26-19-11-9-16(10-12-19)15-29-23-8-4-3-7-20(23)24-25(29)28-22-14-18-6-2-1-5-17(18)13-21(22)27-24/h1-14H,15H2. The van der Waals surface area contributed by atoms with E-state index in [0.717, 1.165) is 44.1 Å². The molecule has 0 aliphatic heterocycles. The molecule has 0 saturated carbocycles. The van der Waals surface area contributed by atoms with Crippen molar-refractivity contribution in [3.8, 4) is 0 Å². The SMILES string of the molecule is Brc1ccc(Cn2c3ccccc3c3nc4cc5ccccc5cc4nc32)cc1. The largest absolute Gasteiger partial charge is 0.319 e. The van der Waals surface area contributed by atoms with Gasteiger partial charge >= 0.3 is 0 Å². The maximum absolute atomic E-state index is 5.07. The predicted octanol–water partition coefficient (Wildman–Crippen LogP) is 6.70. The number of fused-ring (bicyclic) bond motifs is 5. The Balaban J connectivity index is 1.67. The van der Waals surface area contributed by atoms with Crippen molar-refractivity contribution in [2.45, 2.75) is 6.54 Å². The maximum atomic E-state index is 5.07. The van der Waals surface area contributed by atoms with Gasteiger partial charge in [0, 0.05) is 16.4 Å². The van der Waals surface area contributed by atoms with Crippen molar-refractivity contribution in [3.05, 3.63) is 95.0 Å². The molecule has 2 heterocycles. The topological polar surface area (TPSA) is 30.7 Å². The number of benzene rings is 4. The maximum Gasteiger partial charge on any atom is 0.160 e. The third-order valence-corrected chi connectivity index (χ3v) is 6.00. The lowest BCUT2D eigenvalue weighted by Crippen LogP contribution is -2.01. The van der Waals surface area contributed by atoms with E-state index in [-0.39, 0.29) is 0 Å². The fraction of sp³-hybridized carbons (Fsp3) is 0.0400. The van der Waals surface area contributed by atoms with Crippen molar-refractivity contribution in [2.75, 3.05) is 0 Å². The van der Waals surface area contributed by atoms with Crippen molar-refractivity contribution in [1.82, 2.24) is 14.5 Å². The quantitative estimate of drug-likeness (QED) is 0.282. The van der Waals surface area contributed by atoms with Gasteiger partial charge in [0.2, 0.25) is 0 Å². The first-order valence-electron chi connectivity index (χ1n) is 9.58. The van der Waals surface area contributed by atoms with Crippen LogP contribution in [0.25, 0.3) is 43.9 Å². The highest BCUT2D eigenvalue weighted by atomic mass is 79.9. The van der Waals surface area contributed by atoms with E-state index in [2.05, 4.69) is 105 Å². The number of rotatable bonds is 2. The lowest BCUT2D eigenvalue weighted by Gasteiger charge is -2.08. The fourth-order valence-electron chi connectivity index (χ4n) is 4.06. The van der Waals surface area contributed by atoms with E-state index in [4.69, 9.17) is 9.97 Å². The van der Waals surface area contributed by atoms with Crippen LogP contribution in [-0.4, -0.2) is 14.5 Å². The summed E-state index contributed by atoms with van der Waals surface area (Å²) in [5.74, 6) is 0. The van der Waals surface area contributed by atoms with Crippen LogP contribution in [0, 0.1) is 0 Å². The molecule has 3 nitrogen and oxygen atoms in total. The molecule has 0 saturated heterocycles. The highest BCUT2D eigenvalue weighted by Crippen LogP contribution is 2.30. The van der Waals surface area contributed by atoms with Crippen LogP contribution in [0.3, 0.4) is 0 Å². The van der Waals surface area contributed by atoms with Crippen LogP contribution in [0.1, 0.15) is 5.56 Å². The number of halogens is 1. The van der Waals surface area contributed by atoms with E-state index >= 15 is 0 Å². The first-order chi connectivity index (χ1) is 14.3. The van der Waals surface area contributed by atoms with Crippen LogP contribution in [0.2, 0.25) is 0 Å². The zero-order chi connectivity index (χ0) is 19.4. The number of nitrogens with zero attached hydrogens (tertiary/aromatic N) is 3. The molecule has 0 aliphatic carbocycles. The predicted molar refractivity (Wildman–Crippen MR) is 123 cm³/mol. The minimum atomic E-state index is 0.755. The van der Waals surface area contributed by atoms with Crippen LogP contribution >= 0.6 is 15.9 Å². The Morgan fingerprint density at radius 1 is 0.724 bits per heavy atom. The highest BCUT2D eigenvalue weighted by Gasteiger charge is 2.15. The summed E-state index contributed by atoms with van der Waals surface area (Å²) in [5, 5.41) is 3.51. The molecule has 2 aromatic heterocycles. The van der Waals surface area contributed by atoms with E-state index in [1.54, 1.807) is 0 Å². The molecule has 0 radical (unpaired) electrons. The normalized spacial score (nSPS) is 11.8. The lowest BCUT2D eigenvalue weighted by molar-refractivity contribution is 0.857. The molecule has 0 unspecified atom stereocenters. The smallest absolute Gasteiger partial charge is 0.160 e. The van der Waals surface area contributed by atoms with Gasteiger partial charge in [-0.25, -0.2) is 9.97 Å². The van der Waals surface area contributed by atoms with E-state index in [1.807, 2.05) is 0 Å². The first kappa shape index (κ1) is 16.7. The van der Waals surface area contributed by atoms with Gasteiger partial charge in [-0.1, -0.05) is 70.5 Å². The van der Waals surface area contributed by atoms with Gasteiger partial charge in [-0.15, -0.1) is 0 Å². The molecular weight excluding hydrogens is 422 g/mol. The fourth-order valence-corrected chi connectivity index (χ4v) is 4.32. The Labute approximate surface area is 175 Å². The van der Waals surface area contributed by atoms with Gasteiger partial charge in [0.15, 0.2) is 5.65 Å². The lowest BCUT2D eigenvalue weighted by atomic mass is 10.1. The van der Waals surface area contributed by atoms with Gasteiger partial charge in [0.1, 0.15) is 5.52 Å². The van der Waals surface area contributed by atoms with Gasteiger partial charge in [-0.2, -0.15) is 0 Å². The number of para-hydroxylation sites is 1. The summed E-state index contributed by atoms with van der Waals surface area (Å²) in [7, 11) is 0. The molecule has 0 atom stereocenters. The Kier molecular flexibility index (Phi) is 3.68. The molecular formula is C25H16BrN3. The summed E-state index contributed by atoms with van der Waals surface area (Å²) in [4.78, 5) is 10.1. The van der Waals surface area contributed by atoms with Gasteiger partial charge in [-0.05, 0) is 46.7 Å². The Morgan fingerprint density at radius 3 is 2.14 bits per heavy atom. The van der Waals surface area contributed by atoms with Crippen molar-refractivity contribution in [2.24, 2.45) is 0 Å². The number of aromatic nitrogens is 3. The summed E-state index contributed by atoms with van der Waals surface area (Å²) in [6.07, 6.45) is 0. The average Bonchev–Trinajstić information content (AvgIpc) is 3.05. The van der Waals surface area contributed by atoms with Gasteiger partial charge in [-0.3, -0.25) is 0 Å². The van der Waals surface area contributed by atoms with Crippen molar-refractivity contribution in [3.63, 3.8) is 0 Å². The van der Waals surface area contributed by atoms with Crippen LogP contribution < -0.4 is 0 Å². The zero-order valence-electron chi connectivity index (χ0n) is 15.5. The molecule has 0 fully saturated rings. The zero-order valence-corrected chi connectivity index (χ0v) is 17.1. The highest BCUT2D eigenvalue weighted by molar-refractivity contribution is 9.10. The van der Waals surface area contributed by atoms with Crippen molar-refractivity contribution < 1.29 is 0 Å². The molecule has 6 rings (SSSR count). The van der Waals surface area contributed by atoms with Crippen LogP contribution in [0.5, 0.6) is 0 Å². The monoisotopic (exact) mass is 437 g/mol. The molecule has 4 aromatic carbocycles. The summed E-state index contributed by atoms with van der Waals surface area (Å²) >= 11 is 3.52. The minimum absolute atomic E-state index is 0.755. The molecule has 0 spiro atoms. The molecule has 29 heavy (non-hydrogen) atoms. The Morgan fingerprint density at radius 2 is 1.38 bits per heavy atom. The van der Waals surface area contributed by atoms with Crippen molar-refractivity contribution in [1.29, 1.82) is 0 Å². The molecule has 0 bridgehead atoms. The Bertz CT molecular complexity index is 1530. The molecule has 0 amide bonds. The summed E-state index contributed by atoms with van der Waals surface area (Å²) < 4.78 is 3.36. The van der Waals surface area contributed by atoms with E-state index in [9.17, 15) is 0 Å². The van der Waals surface area contributed by atoms with Crippen LogP contribution in [0.15, 0.2) is 89.4 Å². The second kappa shape index (κ2) is 6.39. The van der Waals surface area contributed by atoms with Gasteiger partial charge in [0.25, 0.3) is 0 Å². The third kappa shape index (κ3) is 2.71. The molecule has 4 heteroatoms. The second-order valence-electron chi connectivity index (χ2n) is 7.31. The molecule has 6 aromatic rings. The Hall–Kier alpha value is -3.24. The van der Waals surface area contributed by atoms with Crippen LogP contribution in [-0.2, 0) is 6.54 Å². The molecule has 0 N–H and O–H groups in total. The summed E-state index contributed by atoms with van der Waals surface area (Å²) in [5.41, 5.74) is 6.14.